The minimum absolute atomic E-state index is 0.186. The van der Waals surface area contributed by atoms with Crippen LogP contribution >= 0.6 is 0 Å². The van der Waals surface area contributed by atoms with Gasteiger partial charge in [-0.05, 0) is 57.4 Å². The molecule has 0 radical (unpaired) electrons. The first-order valence-corrected chi connectivity index (χ1v) is 10.9. The highest BCUT2D eigenvalue weighted by atomic mass is 16.7. The van der Waals surface area contributed by atoms with Crippen LogP contribution in [0.3, 0.4) is 0 Å². The van der Waals surface area contributed by atoms with Crippen molar-refractivity contribution in [3.63, 3.8) is 0 Å². The summed E-state index contributed by atoms with van der Waals surface area (Å²) in [5, 5.41) is 8.71. The molecule has 2 bridgehead atoms. The van der Waals surface area contributed by atoms with E-state index in [9.17, 15) is 4.79 Å². The molecular weight excluding hydrogens is 356 g/mol. The minimum Gasteiger partial charge on any atom is -0.481 e. The van der Waals surface area contributed by atoms with Gasteiger partial charge in [-0.25, -0.2) is 0 Å². The van der Waals surface area contributed by atoms with Crippen LogP contribution in [-0.2, 0) is 19.0 Å². The fourth-order valence-corrected chi connectivity index (χ4v) is 4.57. The lowest BCUT2D eigenvalue weighted by atomic mass is 9.78. The molecule has 0 aliphatic carbocycles. The Hall–Kier alpha value is -1.17. The van der Waals surface area contributed by atoms with E-state index in [1.54, 1.807) is 0 Å². The fourth-order valence-electron chi connectivity index (χ4n) is 4.57. The minimum atomic E-state index is -0.724. The van der Waals surface area contributed by atoms with Gasteiger partial charge in [-0.2, -0.15) is 0 Å². The smallest absolute Gasteiger partial charge is 0.303 e. The van der Waals surface area contributed by atoms with Gasteiger partial charge in [-0.3, -0.25) is 4.79 Å². The molecule has 158 valence electrons. The van der Waals surface area contributed by atoms with Crippen molar-refractivity contribution in [1.82, 2.24) is 0 Å². The van der Waals surface area contributed by atoms with Crippen LogP contribution in [0.1, 0.15) is 65.7 Å². The molecule has 1 N–H and O–H groups in total. The number of allylic oxidation sites excluding steroid dienone is 3. The summed E-state index contributed by atoms with van der Waals surface area (Å²) in [6.07, 6.45) is 11.6. The van der Waals surface area contributed by atoms with Crippen LogP contribution in [0.2, 0.25) is 0 Å². The molecule has 28 heavy (non-hydrogen) atoms. The van der Waals surface area contributed by atoms with Gasteiger partial charge in [0.15, 0.2) is 0 Å². The summed E-state index contributed by atoms with van der Waals surface area (Å²) in [6, 6.07) is 0. The standard InChI is InChI=1S/C23H36O5/c1-4-5-10-15(2)16(3)13-26-14-18-17(11-8-6-7-9-12-19(24)25)20-22-23(28-22)21(18)27-20/h6,8,17-18,20-23H,4-5,7,9-14H2,1-3H3,(H,24,25)/b8-6-,16-15?/t17-,18+,20+,21-,22-,23+/m0/s1. The zero-order valence-electron chi connectivity index (χ0n) is 17.6. The van der Waals surface area contributed by atoms with Crippen molar-refractivity contribution >= 4 is 5.97 Å². The van der Waals surface area contributed by atoms with E-state index in [4.69, 9.17) is 19.3 Å². The molecule has 3 aliphatic rings. The van der Waals surface area contributed by atoms with Crippen LogP contribution in [0.25, 0.3) is 0 Å². The quantitative estimate of drug-likeness (QED) is 0.284. The SMILES string of the molecule is CCCCC(C)=C(C)COC[C@@H]1[C@H](C/C=C\CCCC(=O)O)[C@H]2O[C@@H]1[C@H]1O[C@H]12. The average Bonchev–Trinajstić information content (AvgIpc) is 3.30. The van der Waals surface area contributed by atoms with E-state index in [1.807, 2.05) is 0 Å². The Morgan fingerprint density at radius 3 is 2.39 bits per heavy atom. The molecule has 0 spiro atoms. The molecule has 3 fully saturated rings. The zero-order chi connectivity index (χ0) is 20.1. The van der Waals surface area contributed by atoms with Crippen LogP contribution < -0.4 is 0 Å². The maximum absolute atomic E-state index is 10.6. The predicted octanol–water partition coefficient (Wildman–Crippen LogP) is 4.51. The summed E-state index contributed by atoms with van der Waals surface area (Å²) in [7, 11) is 0. The highest BCUT2D eigenvalue weighted by Gasteiger charge is 2.68. The second kappa shape index (κ2) is 10.0. The highest BCUT2D eigenvalue weighted by molar-refractivity contribution is 5.66. The number of carbonyl (C=O) groups is 1. The van der Waals surface area contributed by atoms with E-state index in [1.165, 1.54) is 24.0 Å². The first-order chi connectivity index (χ1) is 13.5. The second-order valence-electron chi connectivity index (χ2n) is 8.63. The Labute approximate surface area is 169 Å². The van der Waals surface area contributed by atoms with Crippen molar-refractivity contribution < 1.29 is 24.1 Å². The van der Waals surface area contributed by atoms with Gasteiger partial charge < -0.3 is 19.3 Å². The van der Waals surface area contributed by atoms with Gasteiger partial charge in [-0.1, -0.05) is 31.1 Å². The van der Waals surface area contributed by atoms with E-state index < -0.39 is 5.97 Å². The van der Waals surface area contributed by atoms with Crippen LogP contribution in [0.4, 0.5) is 0 Å². The molecule has 3 aliphatic heterocycles. The number of carboxylic acid groups (broad SMARTS) is 1. The largest absolute Gasteiger partial charge is 0.481 e. The molecule has 0 aromatic carbocycles. The van der Waals surface area contributed by atoms with Crippen LogP contribution in [-0.4, -0.2) is 48.7 Å². The molecule has 0 unspecified atom stereocenters. The third-order valence-corrected chi connectivity index (χ3v) is 6.52. The zero-order valence-corrected chi connectivity index (χ0v) is 17.6. The molecule has 3 saturated heterocycles. The number of unbranched alkanes of at least 4 members (excludes halogenated alkanes) is 2. The van der Waals surface area contributed by atoms with Crippen LogP contribution in [0.5, 0.6) is 0 Å². The Balaban J connectivity index is 1.45. The maximum atomic E-state index is 10.6. The number of carboxylic acids is 1. The number of ether oxygens (including phenoxy) is 3. The first-order valence-electron chi connectivity index (χ1n) is 10.9. The third-order valence-electron chi connectivity index (χ3n) is 6.52. The molecule has 0 amide bonds. The average molecular weight is 393 g/mol. The molecule has 5 heteroatoms. The Morgan fingerprint density at radius 1 is 0.964 bits per heavy atom. The summed E-state index contributed by atoms with van der Waals surface area (Å²) in [6.45, 7) is 8.05. The Morgan fingerprint density at radius 2 is 1.68 bits per heavy atom. The molecule has 0 aromatic rings. The van der Waals surface area contributed by atoms with Gasteiger partial charge in [0.2, 0.25) is 0 Å². The van der Waals surface area contributed by atoms with Gasteiger partial charge in [0.1, 0.15) is 12.2 Å². The third kappa shape index (κ3) is 5.25. The maximum Gasteiger partial charge on any atom is 0.303 e. The predicted molar refractivity (Wildman–Crippen MR) is 108 cm³/mol. The van der Waals surface area contributed by atoms with E-state index in [0.29, 0.717) is 31.0 Å². The number of fused-ring (bicyclic) bond motifs is 5. The second-order valence-corrected chi connectivity index (χ2v) is 8.63. The van der Waals surface area contributed by atoms with Crippen molar-refractivity contribution in [2.75, 3.05) is 13.2 Å². The summed E-state index contributed by atoms with van der Waals surface area (Å²) in [4.78, 5) is 10.6. The molecule has 0 saturated carbocycles. The van der Waals surface area contributed by atoms with Crippen molar-refractivity contribution in [1.29, 1.82) is 0 Å². The van der Waals surface area contributed by atoms with Gasteiger partial charge >= 0.3 is 5.97 Å². The normalized spacial score (nSPS) is 34.0. The lowest BCUT2D eigenvalue weighted by Crippen LogP contribution is -2.35. The van der Waals surface area contributed by atoms with Gasteiger partial charge in [0.25, 0.3) is 0 Å². The molecule has 3 heterocycles. The fraction of sp³-hybridized carbons (Fsp3) is 0.783. The van der Waals surface area contributed by atoms with Crippen LogP contribution in [0, 0.1) is 11.8 Å². The summed E-state index contributed by atoms with van der Waals surface area (Å²) < 4.78 is 18.1. The molecule has 0 aromatic heterocycles. The van der Waals surface area contributed by atoms with Crippen molar-refractivity contribution in [2.24, 2.45) is 11.8 Å². The monoisotopic (exact) mass is 392 g/mol. The first kappa shape index (κ1) is 21.5. The molecule has 5 nitrogen and oxygen atoms in total. The summed E-state index contributed by atoms with van der Waals surface area (Å²) in [5.41, 5.74) is 2.81. The Kier molecular flexibility index (Phi) is 7.72. The van der Waals surface area contributed by atoms with E-state index in [0.717, 1.165) is 25.9 Å². The van der Waals surface area contributed by atoms with Crippen LogP contribution in [0.15, 0.2) is 23.3 Å². The summed E-state index contributed by atoms with van der Waals surface area (Å²) >= 11 is 0. The molecule has 3 rings (SSSR count). The number of hydrogen-bond donors (Lipinski definition) is 1. The van der Waals surface area contributed by atoms with Crippen molar-refractivity contribution in [2.45, 2.75) is 90.1 Å². The number of aliphatic carboxylic acids is 1. The highest BCUT2D eigenvalue weighted by Crippen LogP contribution is 2.54. The van der Waals surface area contributed by atoms with E-state index >= 15 is 0 Å². The Bertz CT molecular complexity index is 596. The number of rotatable bonds is 13. The van der Waals surface area contributed by atoms with E-state index in [2.05, 4.69) is 32.9 Å². The van der Waals surface area contributed by atoms with Gasteiger partial charge in [0, 0.05) is 12.3 Å². The molecule has 6 atom stereocenters. The van der Waals surface area contributed by atoms with Gasteiger partial charge in [0.05, 0.1) is 25.4 Å². The molecular formula is C23H36O5. The van der Waals surface area contributed by atoms with Crippen molar-refractivity contribution in [3.8, 4) is 0 Å². The lowest BCUT2D eigenvalue weighted by Gasteiger charge is -2.25. The number of hydrogen-bond acceptors (Lipinski definition) is 4. The van der Waals surface area contributed by atoms with Gasteiger partial charge in [-0.15, -0.1) is 0 Å². The van der Waals surface area contributed by atoms with E-state index in [-0.39, 0.29) is 24.7 Å². The van der Waals surface area contributed by atoms with Crippen molar-refractivity contribution in [3.05, 3.63) is 23.3 Å². The lowest BCUT2D eigenvalue weighted by molar-refractivity contribution is -0.137. The topological polar surface area (TPSA) is 68.3 Å². The summed E-state index contributed by atoms with van der Waals surface area (Å²) in [5.74, 6) is 0.106. The number of epoxide rings is 1.